The van der Waals surface area contributed by atoms with Crippen molar-refractivity contribution in [3.8, 4) is 16.8 Å². The molecule has 6 heteroatoms. The van der Waals surface area contributed by atoms with Crippen LogP contribution in [0.5, 0.6) is 0 Å². The average molecular weight is 917 g/mol. The van der Waals surface area contributed by atoms with Crippen LogP contribution in [0.15, 0.2) is 227 Å². The van der Waals surface area contributed by atoms with Crippen molar-refractivity contribution in [1.29, 1.82) is 5.41 Å². The predicted molar refractivity (Wildman–Crippen MR) is 298 cm³/mol. The Morgan fingerprint density at radius 3 is 2.20 bits per heavy atom. The van der Waals surface area contributed by atoms with Gasteiger partial charge < -0.3 is 8.98 Å². The first-order chi connectivity index (χ1) is 34.6. The van der Waals surface area contributed by atoms with E-state index in [1.165, 1.54) is 36.5 Å². The van der Waals surface area contributed by atoms with Crippen LogP contribution in [-0.4, -0.2) is 20.8 Å². The first-order valence-electron chi connectivity index (χ1n) is 24.2. The van der Waals surface area contributed by atoms with Crippen molar-refractivity contribution in [2.24, 2.45) is 4.99 Å². The highest BCUT2D eigenvalue weighted by Crippen LogP contribution is 2.45. The molecule has 0 saturated heterocycles. The number of furan rings is 1. The molecule has 332 valence electrons. The third-order valence-corrected chi connectivity index (χ3v) is 15.5. The van der Waals surface area contributed by atoms with E-state index in [0.717, 1.165) is 113 Å². The Kier molecular flexibility index (Phi) is 9.42. The van der Waals surface area contributed by atoms with Gasteiger partial charge in [0, 0.05) is 58.9 Å². The van der Waals surface area contributed by atoms with Crippen molar-refractivity contribution in [1.82, 2.24) is 9.13 Å². The molecule has 0 saturated carbocycles. The molecule has 4 heterocycles. The fourth-order valence-corrected chi connectivity index (χ4v) is 12.2. The Labute approximate surface area is 407 Å². The molecule has 0 unspecified atom stereocenters. The normalized spacial score (nSPS) is 13.7. The minimum atomic E-state index is 0.154. The highest BCUT2D eigenvalue weighted by atomic mass is 32.1. The number of aliphatic imine (C=N–C) groups is 1. The van der Waals surface area contributed by atoms with E-state index in [2.05, 4.69) is 215 Å². The van der Waals surface area contributed by atoms with Crippen LogP contribution >= 0.6 is 11.3 Å². The molecule has 0 radical (unpaired) electrons. The van der Waals surface area contributed by atoms with E-state index < -0.39 is 0 Å². The molecule has 70 heavy (non-hydrogen) atoms. The molecule has 1 aliphatic rings. The molecule has 1 N–H and O–H groups in total. The van der Waals surface area contributed by atoms with E-state index >= 15 is 0 Å². The summed E-state index contributed by atoms with van der Waals surface area (Å²) in [6.45, 7) is 0. The maximum absolute atomic E-state index is 10.3. The molecule has 1 aliphatic carbocycles. The van der Waals surface area contributed by atoms with Crippen LogP contribution in [0.3, 0.4) is 0 Å². The lowest BCUT2D eigenvalue weighted by atomic mass is 9.96. The van der Waals surface area contributed by atoms with Crippen LogP contribution in [0.25, 0.3) is 113 Å². The van der Waals surface area contributed by atoms with Crippen molar-refractivity contribution >= 4 is 120 Å². The van der Waals surface area contributed by atoms with Gasteiger partial charge in [0.2, 0.25) is 5.96 Å². The van der Waals surface area contributed by atoms with E-state index in [1.807, 2.05) is 17.4 Å². The lowest BCUT2D eigenvalue weighted by molar-refractivity contribution is 0.666. The number of thiophene rings is 1. The van der Waals surface area contributed by atoms with Gasteiger partial charge in [0.15, 0.2) is 5.58 Å². The Morgan fingerprint density at radius 2 is 1.31 bits per heavy atom. The summed E-state index contributed by atoms with van der Waals surface area (Å²) in [6.07, 6.45) is 15.1. The molecule has 14 rings (SSSR count). The minimum absolute atomic E-state index is 0.154. The van der Waals surface area contributed by atoms with E-state index in [4.69, 9.17) is 9.41 Å². The zero-order chi connectivity index (χ0) is 46.3. The minimum Gasteiger partial charge on any atom is -0.454 e. The maximum Gasteiger partial charge on any atom is 0.227 e. The van der Waals surface area contributed by atoms with Crippen molar-refractivity contribution in [2.75, 3.05) is 0 Å². The Morgan fingerprint density at radius 1 is 0.600 bits per heavy atom. The zero-order valence-corrected chi connectivity index (χ0v) is 39.0. The number of benzene rings is 9. The Bertz CT molecular complexity index is 4450. The van der Waals surface area contributed by atoms with Gasteiger partial charge in [-0.25, -0.2) is 4.99 Å². The van der Waals surface area contributed by atoms with Crippen LogP contribution < -0.4 is 0 Å². The molecule has 5 nitrogen and oxygen atoms in total. The number of nitrogens with zero attached hydrogens (tertiary/aromatic N) is 3. The molecular weight excluding hydrogens is 873 g/mol. The van der Waals surface area contributed by atoms with Gasteiger partial charge in [-0.3, -0.25) is 9.98 Å². The molecule has 0 fully saturated rings. The number of rotatable bonds is 6. The molecule has 0 aliphatic heterocycles. The van der Waals surface area contributed by atoms with Gasteiger partial charge in [-0.1, -0.05) is 164 Å². The maximum atomic E-state index is 10.3. The van der Waals surface area contributed by atoms with Gasteiger partial charge in [0.1, 0.15) is 5.58 Å². The third kappa shape index (κ3) is 6.44. The second-order valence-electron chi connectivity index (χ2n) is 18.4. The van der Waals surface area contributed by atoms with Gasteiger partial charge >= 0.3 is 0 Å². The number of hydrogen-bond donors (Lipinski definition) is 1. The fraction of sp³-hybridized carbons (Fsp3) is 0.0625. The number of allylic oxidation sites excluding steroid dienone is 6. The standard InChI is InChI=1S/C64H44N4OS/c65-64(66-54(28-15-19-40-17-3-1-2-4-18-40)42-33-36-60-52(37-42)49-26-10-14-32-59(49)70-60)68-56-30-12-8-24-47(56)51-35-34-50-46-23-7-11-29-55(46)67(61(50)62(51)68)57-39-43(45-27-16-21-41-20-5-6-22-44(41)45)38-53-48-25-9-13-31-58(48)69-63(53)57/h3,5-27,29-39,65H,1-2,4,28H2/b19-15+,65-64?,66-54?. The van der Waals surface area contributed by atoms with E-state index in [1.54, 1.807) is 0 Å². The summed E-state index contributed by atoms with van der Waals surface area (Å²) in [7, 11) is 0. The van der Waals surface area contributed by atoms with Gasteiger partial charge in [-0.15, -0.1) is 11.3 Å². The quantitative estimate of drug-likeness (QED) is 0.131. The summed E-state index contributed by atoms with van der Waals surface area (Å²) in [5, 5.41) is 21.6. The first-order valence-corrected chi connectivity index (χ1v) is 25.0. The van der Waals surface area contributed by atoms with Crippen LogP contribution in [-0.2, 0) is 0 Å². The lowest BCUT2D eigenvalue weighted by Crippen LogP contribution is -2.12. The summed E-state index contributed by atoms with van der Waals surface area (Å²) < 4.78 is 14.0. The van der Waals surface area contributed by atoms with Crippen LogP contribution in [0.4, 0.5) is 0 Å². The zero-order valence-electron chi connectivity index (χ0n) is 38.2. The summed E-state index contributed by atoms with van der Waals surface area (Å²) in [5.74, 6) is 0.154. The van der Waals surface area contributed by atoms with Crippen molar-refractivity contribution < 1.29 is 4.42 Å². The number of nitrogens with one attached hydrogen (secondary N) is 1. The van der Waals surface area contributed by atoms with Crippen LogP contribution in [0.1, 0.15) is 31.2 Å². The summed E-state index contributed by atoms with van der Waals surface area (Å²) in [4.78, 5) is 5.44. The molecule has 13 aromatic rings. The number of hydrogen-bond acceptors (Lipinski definition) is 3. The Balaban J connectivity index is 1.05. The first kappa shape index (κ1) is 40.5. The lowest BCUT2D eigenvalue weighted by Gasteiger charge is -2.15. The highest BCUT2D eigenvalue weighted by Gasteiger charge is 2.25. The van der Waals surface area contributed by atoms with Crippen LogP contribution in [0, 0.1) is 5.41 Å². The van der Waals surface area contributed by atoms with E-state index in [0.29, 0.717) is 6.42 Å². The van der Waals surface area contributed by atoms with Crippen molar-refractivity contribution in [3.05, 3.63) is 224 Å². The smallest absolute Gasteiger partial charge is 0.227 e. The Hall–Kier alpha value is -8.58. The second kappa shape index (κ2) is 16.3. The van der Waals surface area contributed by atoms with Crippen molar-refractivity contribution in [2.45, 2.75) is 25.7 Å². The highest BCUT2D eigenvalue weighted by molar-refractivity contribution is 7.25. The average Bonchev–Trinajstić information content (AvgIpc) is 4.10. The van der Waals surface area contributed by atoms with Gasteiger partial charge in [0.05, 0.1) is 33.5 Å². The van der Waals surface area contributed by atoms with E-state index in [9.17, 15) is 5.41 Å². The molecule has 0 amide bonds. The molecule has 0 spiro atoms. The summed E-state index contributed by atoms with van der Waals surface area (Å²) in [6, 6.07) is 65.1. The summed E-state index contributed by atoms with van der Waals surface area (Å²) >= 11 is 1.81. The topological polar surface area (TPSA) is 59.2 Å². The third-order valence-electron chi connectivity index (χ3n) is 14.3. The second-order valence-corrected chi connectivity index (χ2v) is 19.5. The predicted octanol–water partition coefficient (Wildman–Crippen LogP) is 17.9. The number of aromatic nitrogens is 2. The number of fused-ring (bicyclic) bond motifs is 14. The monoisotopic (exact) mass is 916 g/mol. The van der Waals surface area contributed by atoms with E-state index in [-0.39, 0.29) is 5.96 Å². The fourth-order valence-electron chi connectivity index (χ4n) is 11.1. The van der Waals surface area contributed by atoms with Gasteiger partial charge in [0.25, 0.3) is 0 Å². The largest absolute Gasteiger partial charge is 0.454 e. The molecule has 9 aromatic carbocycles. The molecule has 0 bridgehead atoms. The van der Waals surface area contributed by atoms with Gasteiger partial charge in [-0.2, -0.15) is 0 Å². The molecule has 0 atom stereocenters. The van der Waals surface area contributed by atoms with Gasteiger partial charge in [-0.05, 0) is 101 Å². The number of para-hydroxylation sites is 3. The molecule has 4 aromatic heterocycles. The SMILES string of the molecule is N=C(N=C(C/C=C/C1=CCCCC=C1)c1ccc2sc3ccccc3c2c1)n1c2ccccc2c2ccc3c4ccccc4n(-c4cc(-c5cccc6ccccc56)cc5c4oc4ccccc45)c3c21. The molecular formula is C64H44N4OS. The van der Waals surface area contributed by atoms with Crippen molar-refractivity contribution in [3.63, 3.8) is 0 Å². The van der Waals surface area contributed by atoms with Crippen LogP contribution in [0.2, 0.25) is 0 Å². The summed E-state index contributed by atoms with van der Waals surface area (Å²) in [5.41, 5.74) is 11.8.